The first-order valence-electron chi connectivity index (χ1n) is 19.9. The van der Waals surface area contributed by atoms with Crippen molar-refractivity contribution in [2.75, 3.05) is 47.5 Å². The summed E-state index contributed by atoms with van der Waals surface area (Å²) in [5.41, 5.74) is 0. The number of carbonyl (C=O) groups excluding carboxylic acids is 2. The van der Waals surface area contributed by atoms with Gasteiger partial charge in [-0.1, -0.05) is 107 Å². The van der Waals surface area contributed by atoms with Gasteiger partial charge in [0.15, 0.2) is 6.10 Å². The third kappa shape index (κ3) is 37.5. The topological polar surface area (TPSA) is 108 Å². The first kappa shape index (κ1) is 49.0. The van der Waals surface area contributed by atoms with Gasteiger partial charge >= 0.3 is 19.8 Å². The molecule has 296 valence electrons. The summed E-state index contributed by atoms with van der Waals surface area (Å²) in [4.78, 5) is 35.2. The lowest BCUT2D eigenvalue weighted by atomic mass is 10.1. The number of rotatable bonds is 35. The third-order valence-electron chi connectivity index (χ3n) is 8.08. The molecule has 0 aliphatic carbocycles. The van der Waals surface area contributed by atoms with Gasteiger partial charge in [0.1, 0.15) is 19.8 Å². The van der Waals surface area contributed by atoms with Gasteiger partial charge in [-0.15, -0.1) is 0 Å². The summed E-state index contributed by atoms with van der Waals surface area (Å²) in [5.74, 6) is -0.859. The molecule has 0 aliphatic heterocycles. The minimum atomic E-state index is -4.38. The van der Waals surface area contributed by atoms with Gasteiger partial charge in [-0.2, -0.15) is 0 Å². The van der Waals surface area contributed by atoms with Gasteiger partial charge in [0.05, 0.1) is 27.7 Å². The van der Waals surface area contributed by atoms with Crippen molar-refractivity contribution in [2.24, 2.45) is 0 Å². The third-order valence-corrected chi connectivity index (χ3v) is 9.07. The molecule has 0 rings (SSSR count). The standard InChI is InChI=1S/C41H74NO8P/c1-6-8-10-12-14-16-18-20-21-22-24-25-27-29-31-33-40(43)47-37-39(38-49-51(45,46)48-36-35-42(3,4)5)50-41(44)34-32-30-28-26-23-19-17-15-13-11-9-7-2/h14-17,20-21,24-25,39H,6-13,18-19,22-23,26-38H2,1-5H3/p+1/b16-14+,17-15+,21-20+,25-24+/t39-/m1/s1. The van der Waals surface area contributed by atoms with Gasteiger partial charge in [0.2, 0.25) is 0 Å². The molecule has 0 saturated heterocycles. The summed E-state index contributed by atoms with van der Waals surface area (Å²) in [5, 5.41) is 0. The number of ether oxygens (including phenoxy) is 2. The van der Waals surface area contributed by atoms with E-state index in [0.29, 0.717) is 23.9 Å². The zero-order valence-electron chi connectivity index (χ0n) is 33.1. The average molecular weight is 741 g/mol. The van der Waals surface area contributed by atoms with Crippen LogP contribution in [0.3, 0.4) is 0 Å². The molecular weight excluding hydrogens is 665 g/mol. The molecule has 0 radical (unpaired) electrons. The van der Waals surface area contributed by atoms with Gasteiger partial charge in [0.25, 0.3) is 0 Å². The lowest BCUT2D eigenvalue weighted by molar-refractivity contribution is -0.870. The van der Waals surface area contributed by atoms with E-state index in [2.05, 4.69) is 62.5 Å². The Kier molecular flexibility index (Phi) is 32.4. The van der Waals surface area contributed by atoms with E-state index in [9.17, 15) is 19.0 Å². The Hall–Kier alpha value is -2.03. The molecule has 1 unspecified atom stereocenters. The number of likely N-dealkylation sites (N-methyl/N-ethyl adjacent to an activating group) is 1. The van der Waals surface area contributed by atoms with Crippen LogP contribution in [0, 0.1) is 0 Å². The lowest BCUT2D eigenvalue weighted by Gasteiger charge is -2.24. The maximum atomic E-state index is 12.6. The Morgan fingerprint density at radius 2 is 1.06 bits per heavy atom. The second kappa shape index (κ2) is 33.8. The molecule has 0 fully saturated rings. The van der Waals surface area contributed by atoms with Gasteiger partial charge < -0.3 is 18.9 Å². The lowest BCUT2D eigenvalue weighted by Crippen LogP contribution is -2.37. The predicted octanol–water partition coefficient (Wildman–Crippen LogP) is 10.7. The van der Waals surface area contributed by atoms with Crippen molar-refractivity contribution < 1.29 is 42.1 Å². The van der Waals surface area contributed by atoms with Crippen LogP contribution in [0.15, 0.2) is 48.6 Å². The molecule has 0 aromatic carbocycles. The van der Waals surface area contributed by atoms with Gasteiger partial charge in [-0.3, -0.25) is 18.6 Å². The second-order valence-electron chi connectivity index (χ2n) is 14.3. The van der Waals surface area contributed by atoms with E-state index < -0.39 is 32.5 Å². The van der Waals surface area contributed by atoms with Crippen LogP contribution in [0.1, 0.15) is 149 Å². The molecule has 0 bridgehead atoms. The number of quaternary nitrogens is 1. The van der Waals surface area contributed by atoms with Gasteiger partial charge in [-0.05, 0) is 77.0 Å². The van der Waals surface area contributed by atoms with Gasteiger partial charge in [0, 0.05) is 12.8 Å². The highest BCUT2D eigenvalue weighted by atomic mass is 31.2. The number of esters is 2. The maximum Gasteiger partial charge on any atom is 0.472 e. The van der Waals surface area contributed by atoms with Crippen LogP contribution in [0.25, 0.3) is 0 Å². The van der Waals surface area contributed by atoms with Crippen molar-refractivity contribution in [2.45, 2.75) is 155 Å². The number of carbonyl (C=O) groups is 2. The Morgan fingerprint density at radius 1 is 0.608 bits per heavy atom. The zero-order valence-corrected chi connectivity index (χ0v) is 34.0. The highest BCUT2D eigenvalue weighted by molar-refractivity contribution is 7.47. The van der Waals surface area contributed by atoms with Crippen LogP contribution >= 0.6 is 7.82 Å². The first-order valence-corrected chi connectivity index (χ1v) is 21.4. The van der Waals surface area contributed by atoms with Crippen molar-refractivity contribution in [1.29, 1.82) is 0 Å². The molecule has 2 atom stereocenters. The fourth-order valence-corrected chi connectivity index (χ4v) is 5.64. The van der Waals surface area contributed by atoms with Crippen molar-refractivity contribution in [3.05, 3.63) is 48.6 Å². The Bertz CT molecular complexity index is 1020. The van der Waals surface area contributed by atoms with E-state index in [1.165, 1.54) is 38.5 Å². The molecule has 10 heteroatoms. The zero-order chi connectivity index (χ0) is 37.9. The van der Waals surface area contributed by atoms with E-state index in [1.54, 1.807) is 0 Å². The molecular formula is C41H75NO8P+. The van der Waals surface area contributed by atoms with E-state index >= 15 is 0 Å². The summed E-state index contributed by atoms with van der Waals surface area (Å²) in [6.45, 7) is 4.29. The molecule has 0 saturated carbocycles. The molecule has 0 heterocycles. The molecule has 9 nitrogen and oxygen atoms in total. The van der Waals surface area contributed by atoms with Crippen LogP contribution in [0.4, 0.5) is 0 Å². The molecule has 51 heavy (non-hydrogen) atoms. The van der Waals surface area contributed by atoms with E-state index in [1.807, 2.05) is 21.1 Å². The van der Waals surface area contributed by atoms with Crippen LogP contribution in [0.2, 0.25) is 0 Å². The van der Waals surface area contributed by atoms with E-state index in [0.717, 1.165) is 70.6 Å². The highest BCUT2D eigenvalue weighted by Gasteiger charge is 2.27. The number of hydrogen-bond donors (Lipinski definition) is 1. The van der Waals surface area contributed by atoms with Crippen molar-refractivity contribution >= 4 is 19.8 Å². The monoisotopic (exact) mass is 741 g/mol. The number of phosphoric acid groups is 1. The summed E-state index contributed by atoms with van der Waals surface area (Å²) >= 11 is 0. The van der Waals surface area contributed by atoms with Gasteiger partial charge in [-0.25, -0.2) is 4.57 Å². The number of unbranched alkanes of at least 4 members (excludes halogenated alkanes) is 13. The molecule has 1 N–H and O–H groups in total. The number of phosphoric ester groups is 1. The SMILES string of the molecule is CCCCC/C=C/C/C=C/C/C=C/CCCCC(=O)OC[C@H](COP(=O)(O)OCC[N+](C)(C)C)OC(=O)CCCCCCC/C=C/CCCCC. The van der Waals surface area contributed by atoms with Crippen LogP contribution in [-0.2, 0) is 32.7 Å². The molecule has 0 aromatic heterocycles. The van der Waals surface area contributed by atoms with Crippen LogP contribution in [-0.4, -0.2) is 74.9 Å². The Balaban J connectivity index is 4.51. The van der Waals surface area contributed by atoms with E-state index in [4.69, 9.17) is 18.5 Å². The summed E-state index contributed by atoms with van der Waals surface area (Å²) in [6, 6.07) is 0. The predicted molar refractivity (Wildman–Crippen MR) is 210 cm³/mol. The Morgan fingerprint density at radius 3 is 1.63 bits per heavy atom. The van der Waals surface area contributed by atoms with Crippen molar-refractivity contribution in [1.82, 2.24) is 0 Å². The number of nitrogens with zero attached hydrogens (tertiary/aromatic N) is 1. The van der Waals surface area contributed by atoms with E-state index in [-0.39, 0.29) is 26.1 Å². The molecule has 0 spiro atoms. The first-order chi connectivity index (χ1) is 24.5. The fraction of sp³-hybridized carbons (Fsp3) is 0.756. The molecule has 0 aromatic rings. The van der Waals surface area contributed by atoms with Crippen molar-refractivity contribution in [3.63, 3.8) is 0 Å². The molecule has 0 aliphatic rings. The average Bonchev–Trinajstić information content (AvgIpc) is 3.07. The van der Waals surface area contributed by atoms with Crippen molar-refractivity contribution in [3.8, 4) is 0 Å². The Labute approximate surface area is 312 Å². The summed E-state index contributed by atoms with van der Waals surface area (Å²) in [7, 11) is 1.44. The van der Waals surface area contributed by atoms with Crippen LogP contribution < -0.4 is 0 Å². The van der Waals surface area contributed by atoms with Crippen LogP contribution in [0.5, 0.6) is 0 Å². The largest absolute Gasteiger partial charge is 0.472 e. The normalized spacial score (nSPS) is 14.2. The number of allylic oxidation sites excluding steroid dienone is 8. The minimum absolute atomic E-state index is 0.0225. The fourth-order valence-electron chi connectivity index (χ4n) is 4.89. The number of hydrogen-bond acceptors (Lipinski definition) is 7. The quantitative estimate of drug-likeness (QED) is 0.0225. The summed E-state index contributed by atoms with van der Waals surface area (Å²) < 4.78 is 34.1. The maximum absolute atomic E-state index is 12.6. The molecule has 0 amide bonds. The highest BCUT2D eigenvalue weighted by Crippen LogP contribution is 2.43. The summed E-state index contributed by atoms with van der Waals surface area (Å²) in [6.07, 6.45) is 37.3. The smallest absolute Gasteiger partial charge is 0.462 e. The minimum Gasteiger partial charge on any atom is -0.462 e. The second-order valence-corrected chi connectivity index (χ2v) is 15.8.